The quantitative estimate of drug-likeness (QED) is 0.582. The van der Waals surface area contributed by atoms with Crippen molar-refractivity contribution >= 4 is 17.7 Å². The van der Waals surface area contributed by atoms with Gasteiger partial charge in [-0.3, -0.25) is 4.79 Å². The highest BCUT2D eigenvalue weighted by Crippen LogP contribution is 2.19. The van der Waals surface area contributed by atoms with E-state index in [0.29, 0.717) is 5.57 Å². The minimum Gasteiger partial charge on any atom is -0.455 e. The molecule has 116 valence electrons. The van der Waals surface area contributed by atoms with Crippen molar-refractivity contribution in [2.75, 3.05) is 0 Å². The Balaban J connectivity index is 2.70. The standard InChI is InChI=1S/C15H20O6/c1-4-9(2)15(19)21-13-7-8-14(18)20-12(13)6-5-11(17)10(3)16/h4,7-8,10,12-13,16H,5-6H2,1-3H3/b9-4+/t10?,12-,13-/m0/s1. The van der Waals surface area contributed by atoms with E-state index in [9.17, 15) is 14.4 Å². The third kappa shape index (κ3) is 5.15. The smallest absolute Gasteiger partial charge is 0.334 e. The molecule has 0 amide bonds. The van der Waals surface area contributed by atoms with Crippen LogP contribution in [-0.4, -0.2) is 41.1 Å². The zero-order valence-corrected chi connectivity index (χ0v) is 12.4. The van der Waals surface area contributed by atoms with Crippen LogP contribution < -0.4 is 0 Å². The van der Waals surface area contributed by atoms with Gasteiger partial charge in [0, 0.05) is 18.1 Å². The van der Waals surface area contributed by atoms with Gasteiger partial charge >= 0.3 is 11.9 Å². The molecule has 0 aromatic rings. The molecule has 0 spiro atoms. The summed E-state index contributed by atoms with van der Waals surface area (Å²) in [6.07, 6.45) is 1.97. The molecule has 0 aromatic heterocycles. The minimum absolute atomic E-state index is 0.0418. The number of carbonyl (C=O) groups excluding carboxylic acids is 3. The first-order valence-corrected chi connectivity index (χ1v) is 6.78. The predicted molar refractivity (Wildman–Crippen MR) is 74.3 cm³/mol. The molecule has 6 heteroatoms. The third-order valence-corrected chi connectivity index (χ3v) is 3.20. The second-order valence-corrected chi connectivity index (χ2v) is 4.86. The van der Waals surface area contributed by atoms with E-state index in [0.717, 1.165) is 0 Å². The number of aliphatic hydroxyl groups is 1. The van der Waals surface area contributed by atoms with Crippen molar-refractivity contribution in [3.63, 3.8) is 0 Å². The lowest BCUT2D eigenvalue weighted by Crippen LogP contribution is -2.37. The third-order valence-electron chi connectivity index (χ3n) is 3.20. The summed E-state index contributed by atoms with van der Waals surface area (Å²) in [5.74, 6) is -1.40. The number of hydrogen-bond acceptors (Lipinski definition) is 6. The lowest BCUT2D eigenvalue weighted by molar-refractivity contribution is -0.161. The normalized spacial score (nSPS) is 23.4. The first kappa shape index (κ1) is 17.1. The molecular weight excluding hydrogens is 276 g/mol. The molecule has 1 rings (SSSR count). The molecule has 6 nitrogen and oxygen atoms in total. The van der Waals surface area contributed by atoms with Gasteiger partial charge < -0.3 is 14.6 Å². The van der Waals surface area contributed by atoms with Gasteiger partial charge in [0.2, 0.25) is 0 Å². The number of ether oxygens (including phenoxy) is 2. The molecule has 0 saturated heterocycles. The second kappa shape index (κ2) is 7.73. The number of esters is 2. The maximum atomic E-state index is 11.7. The molecule has 0 saturated carbocycles. The first-order chi connectivity index (χ1) is 9.85. The van der Waals surface area contributed by atoms with Gasteiger partial charge in [0.25, 0.3) is 0 Å². The Labute approximate surface area is 123 Å². The molecule has 1 aliphatic rings. The molecule has 0 bridgehead atoms. The molecule has 3 atom stereocenters. The van der Waals surface area contributed by atoms with E-state index in [4.69, 9.17) is 14.6 Å². The number of Topliss-reactive ketones (excluding diaryl/α,β-unsaturated/α-hetero) is 1. The zero-order valence-electron chi connectivity index (χ0n) is 12.4. The summed E-state index contributed by atoms with van der Waals surface area (Å²) in [4.78, 5) is 34.4. The van der Waals surface area contributed by atoms with Crippen LogP contribution in [0, 0.1) is 0 Å². The summed E-state index contributed by atoms with van der Waals surface area (Å²) in [6, 6.07) is 0. The highest BCUT2D eigenvalue weighted by Gasteiger charge is 2.30. The van der Waals surface area contributed by atoms with Gasteiger partial charge in [-0.25, -0.2) is 9.59 Å². The van der Waals surface area contributed by atoms with Crippen LogP contribution >= 0.6 is 0 Å². The lowest BCUT2D eigenvalue weighted by Gasteiger charge is -2.27. The second-order valence-electron chi connectivity index (χ2n) is 4.86. The van der Waals surface area contributed by atoms with E-state index in [1.54, 1.807) is 19.9 Å². The summed E-state index contributed by atoms with van der Waals surface area (Å²) in [5.41, 5.74) is 0.444. The van der Waals surface area contributed by atoms with Gasteiger partial charge in [0.15, 0.2) is 11.9 Å². The van der Waals surface area contributed by atoms with Crippen LogP contribution in [0.5, 0.6) is 0 Å². The van der Waals surface area contributed by atoms with Crippen molar-refractivity contribution in [1.82, 2.24) is 0 Å². The van der Waals surface area contributed by atoms with Gasteiger partial charge in [-0.1, -0.05) is 6.08 Å². The topological polar surface area (TPSA) is 89.9 Å². The SMILES string of the molecule is C/C=C(\C)C(=O)O[C@H]1C=CC(=O)O[C@H]1CCC(=O)C(C)O. The molecule has 1 unspecified atom stereocenters. The van der Waals surface area contributed by atoms with Crippen molar-refractivity contribution in [3.05, 3.63) is 23.8 Å². The molecule has 21 heavy (non-hydrogen) atoms. The van der Waals surface area contributed by atoms with E-state index in [1.807, 2.05) is 0 Å². The fourth-order valence-corrected chi connectivity index (χ4v) is 1.72. The van der Waals surface area contributed by atoms with Gasteiger partial charge in [-0.05, 0) is 33.3 Å². The van der Waals surface area contributed by atoms with Gasteiger partial charge in [-0.2, -0.15) is 0 Å². The molecular formula is C15H20O6. The first-order valence-electron chi connectivity index (χ1n) is 6.78. The van der Waals surface area contributed by atoms with Gasteiger partial charge in [0.05, 0.1) is 0 Å². The van der Waals surface area contributed by atoms with Crippen molar-refractivity contribution in [2.24, 2.45) is 0 Å². The number of ketones is 1. The predicted octanol–water partition coefficient (Wildman–Crippen LogP) is 1.08. The van der Waals surface area contributed by atoms with Crippen LogP contribution in [0.15, 0.2) is 23.8 Å². The highest BCUT2D eigenvalue weighted by molar-refractivity contribution is 5.88. The monoisotopic (exact) mass is 296 g/mol. The van der Waals surface area contributed by atoms with Crippen LogP contribution in [0.25, 0.3) is 0 Å². The van der Waals surface area contributed by atoms with Crippen LogP contribution in [0.1, 0.15) is 33.6 Å². The summed E-state index contributed by atoms with van der Waals surface area (Å²) in [7, 11) is 0. The van der Waals surface area contributed by atoms with Crippen molar-refractivity contribution < 1.29 is 29.0 Å². The molecule has 1 heterocycles. The molecule has 1 aliphatic heterocycles. The Morgan fingerprint density at radius 2 is 2.19 bits per heavy atom. The number of rotatable bonds is 6. The summed E-state index contributed by atoms with van der Waals surface area (Å²) in [6.45, 7) is 4.71. The molecule has 0 aliphatic carbocycles. The van der Waals surface area contributed by atoms with E-state index in [1.165, 1.54) is 19.1 Å². The number of carbonyl (C=O) groups is 3. The Kier molecular flexibility index (Phi) is 6.30. The minimum atomic E-state index is -1.06. The van der Waals surface area contributed by atoms with Crippen LogP contribution in [0.3, 0.4) is 0 Å². The molecule has 0 aromatic carbocycles. The van der Waals surface area contributed by atoms with Crippen molar-refractivity contribution in [1.29, 1.82) is 0 Å². The number of allylic oxidation sites excluding steroid dienone is 1. The van der Waals surface area contributed by atoms with E-state index in [-0.39, 0.29) is 18.6 Å². The molecule has 1 N–H and O–H groups in total. The molecule has 0 radical (unpaired) electrons. The van der Waals surface area contributed by atoms with E-state index < -0.39 is 30.3 Å². The van der Waals surface area contributed by atoms with Gasteiger partial charge in [0.1, 0.15) is 12.2 Å². The summed E-state index contributed by atoms with van der Waals surface area (Å²) >= 11 is 0. The van der Waals surface area contributed by atoms with Crippen molar-refractivity contribution in [3.8, 4) is 0 Å². The van der Waals surface area contributed by atoms with Crippen LogP contribution in [0.2, 0.25) is 0 Å². The van der Waals surface area contributed by atoms with Gasteiger partial charge in [-0.15, -0.1) is 0 Å². The number of cyclic esters (lactones) is 1. The Morgan fingerprint density at radius 1 is 1.52 bits per heavy atom. The number of aliphatic hydroxyl groups excluding tert-OH is 1. The average Bonchev–Trinajstić information content (AvgIpc) is 2.45. The maximum absolute atomic E-state index is 11.7. The van der Waals surface area contributed by atoms with Crippen LogP contribution in [0.4, 0.5) is 0 Å². The van der Waals surface area contributed by atoms with E-state index >= 15 is 0 Å². The fraction of sp³-hybridized carbons (Fsp3) is 0.533. The Hall–Kier alpha value is -1.95. The largest absolute Gasteiger partial charge is 0.455 e. The Morgan fingerprint density at radius 3 is 2.76 bits per heavy atom. The highest BCUT2D eigenvalue weighted by atomic mass is 16.6. The Bertz CT molecular complexity index is 475. The van der Waals surface area contributed by atoms with Crippen LogP contribution in [-0.2, 0) is 23.9 Å². The summed E-state index contributed by atoms with van der Waals surface area (Å²) < 4.78 is 10.3. The summed E-state index contributed by atoms with van der Waals surface area (Å²) in [5, 5.41) is 9.15. The zero-order chi connectivity index (χ0) is 16.0. The average molecular weight is 296 g/mol. The number of hydrogen-bond donors (Lipinski definition) is 1. The fourth-order valence-electron chi connectivity index (χ4n) is 1.72. The molecule has 0 fully saturated rings. The lowest BCUT2D eigenvalue weighted by atomic mass is 10.0. The van der Waals surface area contributed by atoms with Crippen molar-refractivity contribution in [2.45, 2.75) is 51.9 Å². The van der Waals surface area contributed by atoms with E-state index in [2.05, 4.69) is 0 Å². The maximum Gasteiger partial charge on any atom is 0.334 e.